The topological polar surface area (TPSA) is 71.3 Å². The van der Waals surface area contributed by atoms with E-state index >= 15 is 0 Å². The van der Waals surface area contributed by atoms with Gasteiger partial charge in [-0.2, -0.15) is 0 Å². The molecule has 2 N–H and O–H groups in total. The van der Waals surface area contributed by atoms with Crippen LogP contribution in [0.15, 0.2) is 23.2 Å². The van der Waals surface area contributed by atoms with Gasteiger partial charge < -0.3 is 19.7 Å². The fourth-order valence-corrected chi connectivity index (χ4v) is 1.72. The second-order valence-electron chi connectivity index (χ2n) is 3.78. The number of rotatable bonds is 4. The monoisotopic (exact) mass is 237 g/mol. The number of aliphatic hydroxyl groups is 2. The van der Waals surface area contributed by atoms with Crippen LogP contribution < -0.4 is 9.47 Å². The second kappa shape index (κ2) is 5.16. The Kier molecular flexibility index (Phi) is 3.61. The molecule has 0 radical (unpaired) electrons. The Hall–Kier alpha value is -1.59. The van der Waals surface area contributed by atoms with Crippen molar-refractivity contribution in [3.05, 3.63) is 23.8 Å². The molecule has 0 spiro atoms. The summed E-state index contributed by atoms with van der Waals surface area (Å²) >= 11 is 0. The van der Waals surface area contributed by atoms with Gasteiger partial charge in [-0.1, -0.05) is 6.07 Å². The Morgan fingerprint density at radius 1 is 1.29 bits per heavy atom. The third kappa shape index (κ3) is 2.40. The zero-order valence-corrected chi connectivity index (χ0v) is 9.37. The molecule has 1 aliphatic rings. The number of hydrogen-bond donors (Lipinski definition) is 2. The summed E-state index contributed by atoms with van der Waals surface area (Å²) in [5.41, 5.74) is 0.626. The first-order chi connectivity index (χ1) is 8.26. The molecule has 92 valence electrons. The Morgan fingerprint density at radius 2 is 2.00 bits per heavy atom. The van der Waals surface area contributed by atoms with Crippen LogP contribution in [0.25, 0.3) is 0 Å². The van der Waals surface area contributed by atoms with Gasteiger partial charge >= 0.3 is 0 Å². The normalized spacial score (nSPS) is 17.3. The molecule has 0 amide bonds. The zero-order chi connectivity index (χ0) is 12.3. The lowest BCUT2D eigenvalue weighted by atomic mass is 10.0. The van der Waals surface area contributed by atoms with Crippen molar-refractivity contribution in [2.24, 2.45) is 4.99 Å². The van der Waals surface area contributed by atoms with Crippen molar-refractivity contribution in [1.29, 1.82) is 0 Å². The SMILES string of the molecule is C=N[C@H](CO)[C@H](O)c1ccc2c(c1)OCCO2. The highest BCUT2D eigenvalue weighted by molar-refractivity contribution is 5.44. The molecule has 0 unspecified atom stereocenters. The van der Waals surface area contributed by atoms with Crippen molar-refractivity contribution in [1.82, 2.24) is 0 Å². The largest absolute Gasteiger partial charge is 0.486 e. The van der Waals surface area contributed by atoms with Crippen LogP contribution in [0.1, 0.15) is 11.7 Å². The third-order valence-electron chi connectivity index (χ3n) is 2.69. The molecular weight excluding hydrogens is 222 g/mol. The fraction of sp³-hybridized carbons (Fsp3) is 0.417. The predicted octanol–water partition coefficient (Wildman–Crippen LogP) is 0.553. The molecule has 0 saturated heterocycles. The average molecular weight is 237 g/mol. The molecule has 1 aromatic carbocycles. The summed E-state index contributed by atoms with van der Waals surface area (Å²) in [6.45, 7) is 4.11. The predicted molar refractivity (Wildman–Crippen MR) is 62.8 cm³/mol. The Balaban J connectivity index is 2.24. The van der Waals surface area contributed by atoms with Crippen LogP contribution in [0.3, 0.4) is 0 Å². The molecule has 17 heavy (non-hydrogen) atoms. The van der Waals surface area contributed by atoms with Crippen LogP contribution in [0, 0.1) is 0 Å². The van der Waals surface area contributed by atoms with Gasteiger partial charge in [0, 0.05) is 0 Å². The number of fused-ring (bicyclic) bond motifs is 1. The van der Waals surface area contributed by atoms with Crippen LogP contribution in [0.4, 0.5) is 0 Å². The van der Waals surface area contributed by atoms with Crippen LogP contribution >= 0.6 is 0 Å². The summed E-state index contributed by atoms with van der Waals surface area (Å²) in [4.78, 5) is 3.67. The molecule has 2 atom stereocenters. The van der Waals surface area contributed by atoms with Gasteiger partial charge in [-0.25, -0.2) is 0 Å². The quantitative estimate of drug-likeness (QED) is 0.750. The molecule has 5 heteroatoms. The van der Waals surface area contributed by atoms with E-state index in [0.717, 1.165) is 0 Å². The van der Waals surface area contributed by atoms with Crippen LogP contribution in [-0.2, 0) is 0 Å². The first-order valence-electron chi connectivity index (χ1n) is 5.40. The molecule has 0 aromatic heterocycles. The molecule has 0 aliphatic carbocycles. The van der Waals surface area contributed by atoms with E-state index in [1.54, 1.807) is 18.2 Å². The minimum absolute atomic E-state index is 0.251. The minimum atomic E-state index is -0.895. The Morgan fingerprint density at radius 3 is 2.65 bits per heavy atom. The fourth-order valence-electron chi connectivity index (χ4n) is 1.72. The van der Waals surface area contributed by atoms with E-state index in [1.807, 2.05) is 0 Å². The third-order valence-corrected chi connectivity index (χ3v) is 2.69. The first kappa shape index (κ1) is 11.9. The highest BCUT2D eigenvalue weighted by Crippen LogP contribution is 2.33. The molecule has 0 fully saturated rings. The van der Waals surface area contributed by atoms with E-state index < -0.39 is 12.1 Å². The molecular formula is C12H15NO4. The summed E-state index contributed by atoms with van der Waals surface area (Å²) in [6.07, 6.45) is -0.895. The zero-order valence-electron chi connectivity index (χ0n) is 9.37. The maximum absolute atomic E-state index is 9.99. The summed E-state index contributed by atoms with van der Waals surface area (Å²) in [7, 11) is 0. The average Bonchev–Trinajstić information content (AvgIpc) is 2.39. The highest BCUT2D eigenvalue weighted by Gasteiger charge is 2.21. The molecule has 0 bridgehead atoms. The van der Waals surface area contributed by atoms with E-state index in [0.29, 0.717) is 30.3 Å². The van der Waals surface area contributed by atoms with E-state index in [4.69, 9.17) is 14.6 Å². The van der Waals surface area contributed by atoms with Crippen molar-refractivity contribution < 1.29 is 19.7 Å². The molecule has 2 rings (SSSR count). The lowest BCUT2D eigenvalue weighted by molar-refractivity contribution is 0.110. The van der Waals surface area contributed by atoms with Gasteiger partial charge in [-0.3, -0.25) is 4.99 Å². The molecule has 0 saturated carbocycles. The number of aliphatic imine (C=N–C) groups is 1. The van der Waals surface area contributed by atoms with Gasteiger partial charge in [0.15, 0.2) is 11.5 Å². The molecule has 5 nitrogen and oxygen atoms in total. The molecule has 1 aliphatic heterocycles. The first-order valence-corrected chi connectivity index (χ1v) is 5.40. The second-order valence-corrected chi connectivity index (χ2v) is 3.78. The van der Waals surface area contributed by atoms with Crippen molar-refractivity contribution in [3.63, 3.8) is 0 Å². The van der Waals surface area contributed by atoms with Gasteiger partial charge in [-0.15, -0.1) is 0 Å². The van der Waals surface area contributed by atoms with Crippen LogP contribution in [0.5, 0.6) is 11.5 Å². The minimum Gasteiger partial charge on any atom is -0.486 e. The van der Waals surface area contributed by atoms with Crippen molar-refractivity contribution in [3.8, 4) is 11.5 Å². The maximum atomic E-state index is 9.99. The van der Waals surface area contributed by atoms with E-state index in [2.05, 4.69) is 11.7 Å². The van der Waals surface area contributed by atoms with Gasteiger partial charge in [0.2, 0.25) is 0 Å². The Labute approximate surface area is 99.3 Å². The number of nitrogens with zero attached hydrogens (tertiary/aromatic N) is 1. The van der Waals surface area contributed by atoms with E-state index in [-0.39, 0.29) is 6.61 Å². The van der Waals surface area contributed by atoms with Crippen LogP contribution in [-0.4, -0.2) is 42.8 Å². The van der Waals surface area contributed by atoms with Gasteiger partial charge in [0.1, 0.15) is 25.4 Å². The maximum Gasteiger partial charge on any atom is 0.161 e. The summed E-state index contributed by atoms with van der Waals surface area (Å²) < 4.78 is 10.8. The smallest absolute Gasteiger partial charge is 0.161 e. The lowest BCUT2D eigenvalue weighted by Crippen LogP contribution is -2.21. The van der Waals surface area contributed by atoms with Crippen molar-refractivity contribution in [2.45, 2.75) is 12.1 Å². The van der Waals surface area contributed by atoms with Gasteiger partial charge in [0.05, 0.1) is 6.61 Å². The number of ether oxygens (including phenoxy) is 2. The van der Waals surface area contributed by atoms with Crippen molar-refractivity contribution >= 4 is 6.72 Å². The van der Waals surface area contributed by atoms with Crippen LogP contribution in [0.2, 0.25) is 0 Å². The molecule has 1 heterocycles. The lowest BCUT2D eigenvalue weighted by Gasteiger charge is -2.22. The van der Waals surface area contributed by atoms with E-state index in [9.17, 15) is 5.11 Å². The summed E-state index contributed by atoms with van der Waals surface area (Å²) in [5.74, 6) is 1.27. The Bertz CT molecular complexity index is 407. The highest BCUT2D eigenvalue weighted by atomic mass is 16.6. The van der Waals surface area contributed by atoms with Gasteiger partial charge in [0.25, 0.3) is 0 Å². The van der Waals surface area contributed by atoms with E-state index in [1.165, 1.54) is 0 Å². The number of benzene rings is 1. The van der Waals surface area contributed by atoms with Crippen molar-refractivity contribution in [2.75, 3.05) is 19.8 Å². The summed E-state index contributed by atoms with van der Waals surface area (Å²) in [5, 5.41) is 19.0. The standard InChI is InChI=1S/C12H15NO4/c1-13-9(7-14)12(15)8-2-3-10-11(6-8)17-5-4-16-10/h2-3,6,9,12,14-15H,1,4-5,7H2/t9-,12-/m1/s1. The number of aliphatic hydroxyl groups excluding tert-OH is 2. The number of hydrogen-bond acceptors (Lipinski definition) is 5. The summed E-state index contributed by atoms with van der Waals surface area (Å²) in [6, 6.07) is 4.54. The van der Waals surface area contributed by atoms with Gasteiger partial charge in [-0.05, 0) is 24.4 Å². The molecule has 1 aromatic rings.